The Hall–Kier alpha value is -2.19. The SMILES string of the molecule is CNS(=O)(=O)c1ccc(CCC(=O)NCCCn2nc(C)cc2C)cc1. The molecule has 0 saturated carbocycles. The van der Waals surface area contributed by atoms with Crippen molar-refractivity contribution in [3.05, 3.63) is 47.3 Å². The fourth-order valence-electron chi connectivity index (χ4n) is 2.66. The zero-order valence-electron chi connectivity index (χ0n) is 15.4. The maximum Gasteiger partial charge on any atom is 0.240 e. The molecule has 0 bridgehead atoms. The summed E-state index contributed by atoms with van der Waals surface area (Å²) in [7, 11) is -2.04. The Morgan fingerprint density at radius 1 is 1.19 bits per heavy atom. The van der Waals surface area contributed by atoms with E-state index in [4.69, 9.17) is 0 Å². The van der Waals surface area contributed by atoms with E-state index >= 15 is 0 Å². The van der Waals surface area contributed by atoms with Gasteiger partial charge in [-0.05, 0) is 57.5 Å². The number of rotatable bonds is 9. The molecular weight excluding hydrogens is 352 g/mol. The summed E-state index contributed by atoms with van der Waals surface area (Å²) in [4.78, 5) is 12.2. The number of aryl methyl sites for hydroxylation is 4. The third-order valence-electron chi connectivity index (χ3n) is 4.12. The van der Waals surface area contributed by atoms with Crippen LogP contribution >= 0.6 is 0 Å². The number of carbonyl (C=O) groups excluding carboxylic acids is 1. The molecule has 0 aliphatic heterocycles. The van der Waals surface area contributed by atoms with Gasteiger partial charge in [0, 0.05) is 25.2 Å². The van der Waals surface area contributed by atoms with Gasteiger partial charge in [0.05, 0.1) is 10.6 Å². The van der Waals surface area contributed by atoms with Crippen molar-refractivity contribution >= 4 is 15.9 Å². The minimum atomic E-state index is -3.42. The van der Waals surface area contributed by atoms with E-state index in [9.17, 15) is 13.2 Å². The van der Waals surface area contributed by atoms with Gasteiger partial charge in [-0.1, -0.05) is 12.1 Å². The molecule has 7 nitrogen and oxygen atoms in total. The van der Waals surface area contributed by atoms with Crippen molar-refractivity contribution < 1.29 is 13.2 Å². The van der Waals surface area contributed by atoms with Crippen molar-refractivity contribution in [1.82, 2.24) is 19.8 Å². The van der Waals surface area contributed by atoms with Crippen LogP contribution in [0.15, 0.2) is 35.2 Å². The summed E-state index contributed by atoms with van der Waals surface area (Å²) in [6.45, 7) is 5.37. The van der Waals surface area contributed by atoms with E-state index in [0.29, 0.717) is 19.4 Å². The Morgan fingerprint density at radius 3 is 2.46 bits per heavy atom. The number of sulfonamides is 1. The topological polar surface area (TPSA) is 93.1 Å². The molecule has 2 aromatic rings. The van der Waals surface area contributed by atoms with Gasteiger partial charge in [-0.3, -0.25) is 9.48 Å². The Kier molecular flexibility index (Phi) is 6.93. The number of carbonyl (C=O) groups is 1. The van der Waals surface area contributed by atoms with Crippen LogP contribution in [0, 0.1) is 13.8 Å². The van der Waals surface area contributed by atoms with E-state index in [-0.39, 0.29) is 10.8 Å². The molecule has 0 aliphatic rings. The molecule has 1 heterocycles. The monoisotopic (exact) mass is 378 g/mol. The predicted molar refractivity (Wildman–Crippen MR) is 100 cm³/mol. The third-order valence-corrected chi connectivity index (χ3v) is 5.55. The molecule has 0 atom stereocenters. The number of hydrogen-bond donors (Lipinski definition) is 2. The number of nitrogens with zero attached hydrogens (tertiary/aromatic N) is 2. The zero-order chi connectivity index (χ0) is 19.2. The summed E-state index contributed by atoms with van der Waals surface area (Å²) < 4.78 is 27.6. The lowest BCUT2D eigenvalue weighted by Gasteiger charge is -2.07. The van der Waals surface area contributed by atoms with Crippen LogP contribution in [0.3, 0.4) is 0 Å². The molecule has 0 spiro atoms. The molecule has 2 rings (SSSR count). The van der Waals surface area contributed by atoms with E-state index < -0.39 is 10.0 Å². The van der Waals surface area contributed by atoms with Crippen molar-refractivity contribution in [2.24, 2.45) is 0 Å². The number of amides is 1. The molecule has 0 unspecified atom stereocenters. The van der Waals surface area contributed by atoms with Crippen LogP contribution in [0.5, 0.6) is 0 Å². The minimum absolute atomic E-state index is 0.00899. The van der Waals surface area contributed by atoms with Crippen molar-refractivity contribution in [3.63, 3.8) is 0 Å². The van der Waals surface area contributed by atoms with Crippen molar-refractivity contribution in [1.29, 1.82) is 0 Å². The van der Waals surface area contributed by atoms with Crippen LogP contribution in [-0.2, 0) is 27.8 Å². The number of aromatic nitrogens is 2. The maximum atomic E-state index is 11.9. The molecule has 26 heavy (non-hydrogen) atoms. The lowest BCUT2D eigenvalue weighted by molar-refractivity contribution is -0.121. The van der Waals surface area contributed by atoms with Gasteiger partial charge in [0.25, 0.3) is 0 Å². The van der Waals surface area contributed by atoms with Crippen LogP contribution in [0.1, 0.15) is 29.8 Å². The summed E-state index contributed by atoms with van der Waals surface area (Å²) in [5, 5.41) is 7.30. The Bertz CT molecular complexity index is 842. The molecular formula is C18H26N4O3S. The highest BCUT2D eigenvalue weighted by Gasteiger charge is 2.10. The quantitative estimate of drug-likeness (QED) is 0.648. The van der Waals surface area contributed by atoms with E-state index in [2.05, 4.69) is 15.1 Å². The fraction of sp³-hybridized carbons (Fsp3) is 0.444. The summed E-state index contributed by atoms with van der Waals surface area (Å²) in [5.41, 5.74) is 3.05. The van der Waals surface area contributed by atoms with E-state index in [0.717, 1.165) is 29.9 Å². The number of hydrogen-bond acceptors (Lipinski definition) is 4. The molecule has 1 amide bonds. The normalized spacial score (nSPS) is 11.5. The van der Waals surface area contributed by atoms with Gasteiger partial charge in [-0.15, -0.1) is 0 Å². The van der Waals surface area contributed by atoms with Crippen LogP contribution in [-0.4, -0.2) is 37.7 Å². The molecule has 2 N–H and O–H groups in total. The lowest BCUT2D eigenvalue weighted by Crippen LogP contribution is -2.25. The fourth-order valence-corrected chi connectivity index (χ4v) is 3.39. The van der Waals surface area contributed by atoms with Crippen molar-refractivity contribution in [2.75, 3.05) is 13.6 Å². The second-order valence-corrected chi connectivity index (χ2v) is 8.09. The van der Waals surface area contributed by atoms with Gasteiger partial charge < -0.3 is 5.32 Å². The lowest BCUT2D eigenvalue weighted by atomic mass is 10.1. The van der Waals surface area contributed by atoms with Gasteiger partial charge in [-0.2, -0.15) is 5.10 Å². The first-order chi connectivity index (χ1) is 12.3. The summed E-state index contributed by atoms with van der Waals surface area (Å²) in [6.07, 6.45) is 1.77. The van der Waals surface area contributed by atoms with Crippen LogP contribution in [0.4, 0.5) is 0 Å². The Balaban J connectivity index is 1.71. The predicted octanol–water partition coefficient (Wildman–Crippen LogP) is 1.55. The standard InChI is InChI=1S/C18H26N4O3S/c1-14-13-15(2)22(21-14)12-4-11-20-18(23)10-7-16-5-8-17(9-6-16)26(24,25)19-3/h5-6,8-9,13,19H,4,7,10-12H2,1-3H3,(H,20,23). The Morgan fingerprint density at radius 2 is 1.88 bits per heavy atom. The third kappa shape index (κ3) is 5.67. The highest BCUT2D eigenvalue weighted by molar-refractivity contribution is 7.89. The zero-order valence-corrected chi connectivity index (χ0v) is 16.3. The second kappa shape index (κ2) is 8.95. The molecule has 8 heteroatoms. The van der Waals surface area contributed by atoms with Crippen LogP contribution in [0.2, 0.25) is 0 Å². The molecule has 1 aromatic carbocycles. The summed E-state index contributed by atoms with van der Waals surface area (Å²) in [5.74, 6) is -0.00899. The largest absolute Gasteiger partial charge is 0.356 e. The van der Waals surface area contributed by atoms with E-state index in [1.807, 2.05) is 24.6 Å². The molecule has 1 aromatic heterocycles. The van der Waals surface area contributed by atoms with Gasteiger partial charge in [0.15, 0.2) is 0 Å². The number of benzene rings is 1. The summed E-state index contributed by atoms with van der Waals surface area (Å²) in [6, 6.07) is 8.60. The second-order valence-electron chi connectivity index (χ2n) is 6.21. The molecule has 0 saturated heterocycles. The van der Waals surface area contributed by atoms with E-state index in [1.165, 1.54) is 7.05 Å². The first kappa shape index (κ1) is 20.1. The highest BCUT2D eigenvalue weighted by atomic mass is 32.2. The molecule has 142 valence electrons. The maximum absolute atomic E-state index is 11.9. The van der Waals surface area contributed by atoms with Gasteiger partial charge in [-0.25, -0.2) is 13.1 Å². The first-order valence-corrected chi connectivity index (χ1v) is 10.1. The van der Waals surface area contributed by atoms with Crippen LogP contribution < -0.4 is 10.0 Å². The molecule has 0 radical (unpaired) electrons. The number of nitrogens with one attached hydrogen (secondary N) is 2. The van der Waals surface area contributed by atoms with Gasteiger partial charge in [0.1, 0.15) is 0 Å². The van der Waals surface area contributed by atoms with Gasteiger partial charge >= 0.3 is 0 Å². The van der Waals surface area contributed by atoms with Crippen molar-refractivity contribution in [3.8, 4) is 0 Å². The average molecular weight is 378 g/mol. The first-order valence-electron chi connectivity index (χ1n) is 8.62. The van der Waals surface area contributed by atoms with Crippen molar-refractivity contribution in [2.45, 2.75) is 44.6 Å². The summed E-state index contributed by atoms with van der Waals surface area (Å²) >= 11 is 0. The van der Waals surface area contributed by atoms with E-state index in [1.54, 1.807) is 24.3 Å². The Labute approximate surface area is 154 Å². The average Bonchev–Trinajstić information content (AvgIpc) is 2.94. The highest BCUT2D eigenvalue weighted by Crippen LogP contribution is 2.11. The van der Waals surface area contributed by atoms with Crippen LogP contribution in [0.25, 0.3) is 0 Å². The minimum Gasteiger partial charge on any atom is -0.356 e. The molecule has 0 fully saturated rings. The molecule has 0 aliphatic carbocycles. The van der Waals surface area contributed by atoms with Gasteiger partial charge in [0.2, 0.25) is 15.9 Å². The smallest absolute Gasteiger partial charge is 0.240 e.